The van der Waals surface area contributed by atoms with Gasteiger partial charge in [-0.3, -0.25) is 0 Å². The third-order valence-corrected chi connectivity index (χ3v) is 8.48. The monoisotopic (exact) mass is 678 g/mol. The van der Waals surface area contributed by atoms with Crippen molar-refractivity contribution in [3.63, 3.8) is 0 Å². The first-order chi connectivity index (χ1) is 22.8. The lowest BCUT2D eigenvalue weighted by molar-refractivity contribution is -0.189. The van der Waals surface area contributed by atoms with Crippen LogP contribution < -0.4 is 21.1 Å². The molecule has 2 aromatic carbocycles. The van der Waals surface area contributed by atoms with E-state index >= 15 is 0 Å². The van der Waals surface area contributed by atoms with Crippen molar-refractivity contribution in [2.75, 3.05) is 36.9 Å². The summed E-state index contributed by atoms with van der Waals surface area (Å²) in [6.45, 7) is 6.28. The molecule has 6 rings (SSSR count). The van der Waals surface area contributed by atoms with Gasteiger partial charge in [-0.1, -0.05) is 36.2 Å². The molecule has 0 amide bonds. The smallest absolute Gasteiger partial charge is 0.350 e. The molecule has 0 spiro atoms. The van der Waals surface area contributed by atoms with Crippen molar-refractivity contribution in [3.05, 3.63) is 112 Å². The zero-order valence-electron chi connectivity index (χ0n) is 26.1. The highest BCUT2D eigenvalue weighted by Crippen LogP contribution is 2.40. The summed E-state index contributed by atoms with van der Waals surface area (Å²) >= 11 is 12.7. The van der Waals surface area contributed by atoms with E-state index in [-0.39, 0.29) is 24.4 Å². The summed E-state index contributed by atoms with van der Waals surface area (Å²) in [5, 5.41) is 11.9. The molecular weight excluding hydrogens is 643 g/mol. The Hall–Kier alpha value is -4.36. The van der Waals surface area contributed by atoms with E-state index in [0.29, 0.717) is 47.6 Å². The second-order valence-corrected chi connectivity index (χ2v) is 12.1. The van der Waals surface area contributed by atoms with Crippen LogP contribution in [0.2, 0.25) is 10.0 Å². The maximum atomic E-state index is 12.7. The van der Waals surface area contributed by atoms with Crippen molar-refractivity contribution in [2.45, 2.75) is 44.7 Å². The number of hydrogen-bond acceptors (Lipinski definition) is 9. The van der Waals surface area contributed by atoms with E-state index in [0.717, 1.165) is 23.6 Å². The second kappa shape index (κ2) is 14.6. The molecule has 0 unspecified atom stereocenters. The Morgan fingerprint density at radius 1 is 1.09 bits per heavy atom. The second-order valence-electron chi connectivity index (χ2n) is 11.2. The molecular formula is C33H36Cl2N8O4. The summed E-state index contributed by atoms with van der Waals surface area (Å²) in [4.78, 5) is 21.3. The molecule has 47 heavy (non-hydrogen) atoms. The Kier molecular flexibility index (Phi) is 10.1. The van der Waals surface area contributed by atoms with Crippen LogP contribution in [0.4, 0.5) is 11.5 Å². The number of nitrogens with zero attached hydrogens (tertiary/aromatic N) is 6. The number of benzene rings is 2. The van der Waals surface area contributed by atoms with Gasteiger partial charge in [-0.15, -0.1) is 0 Å². The molecule has 14 heteroatoms. The van der Waals surface area contributed by atoms with Gasteiger partial charge < -0.3 is 29.4 Å². The number of rotatable bonds is 14. The number of pyridine rings is 1. The summed E-state index contributed by atoms with van der Waals surface area (Å²) in [5.41, 5.74) is 2.26. The topological polar surface area (TPSA) is 122 Å². The molecule has 1 fully saturated rings. The predicted molar refractivity (Wildman–Crippen MR) is 181 cm³/mol. The minimum Gasteiger partial charge on any atom is -0.489 e. The molecule has 5 aromatic rings. The SMILES string of the molecule is CC[C@H](C)n1ncn(-c2ccc(NCCNc3ccc(OC[C@@H]4CO[C@@](Cn5ccnc5)(c5ccc(Cl)cc5Cl)O4)cn3)cc2)c1=O. The number of hydrogen-bond donors (Lipinski definition) is 2. The minimum absolute atomic E-state index is 0.0545. The number of halogens is 2. The minimum atomic E-state index is -1.12. The van der Waals surface area contributed by atoms with Gasteiger partial charge in [-0.05, 0) is 61.9 Å². The summed E-state index contributed by atoms with van der Waals surface area (Å²) in [6.07, 6.45) is 8.97. The Bertz CT molecular complexity index is 1810. The predicted octanol–water partition coefficient (Wildman–Crippen LogP) is 5.77. The Balaban J connectivity index is 0.967. The van der Waals surface area contributed by atoms with Crippen LogP contribution in [0.1, 0.15) is 31.9 Å². The van der Waals surface area contributed by atoms with Crippen LogP contribution >= 0.6 is 23.2 Å². The summed E-state index contributed by atoms with van der Waals surface area (Å²) in [5.74, 6) is 0.224. The van der Waals surface area contributed by atoms with Crippen LogP contribution in [0.15, 0.2) is 90.6 Å². The Labute approximate surface area is 282 Å². The third-order valence-electron chi connectivity index (χ3n) is 7.93. The Morgan fingerprint density at radius 2 is 1.91 bits per heavy atom. The molecule has 1 aliphatic rings. The first-order valence-electron chi connectivity index (χ1n) is 15.4. The van der Waals surface area contributed by atoms with Crippen molar-refractivity contribution in [1.82, 2.24) is 28.9 Å². The van der Waals surface area contributed by atoms with Crippen molar-refractivity contribution in [1.29, 1.82) is 0 Å². The van der Waals surface area contributed by atoms with E-state index in [1.807, 2.05) is 67.1 Å². The van der Waals surface area contributed by atoms with E-state index in [2.05, 4.69) is 25.7 Å². The van der Waals surface area contributed by atoms with Crippen LogP contribution in [0.3, 0.4) is 0 Å². The van der Waals surface area contributed by atoms with Gasteiger partial charge in [0.2, 0.25) is 5.79 Å². The van der Waals surface area contributed by atoms with Crippen LogP contribution in [0.25, 0.3) is 5.69 Å². The summed E-state index contributed by atoms with van der Waals surface area (Å²) in [6, 6.07) is 16.7. The number of nitrogens with one attached hydrogen (secondary N) is 2. The largest absolute Gasteiger partial charge is 0.489 e. The molecule has 2 N–H and O–H groups in total. The summed E-state index contributed by atoms with van der Waals surface area (Å²) in [7, 11) is 0. The molecule has 12 nitrogen and oxygen atoms in total. The molecule has 3 atom stereocenters. The van der Waals surface area contributed by atoms with E-state index in [9.17, 15) is 4.79 Å². The van der Waals surface area contributed by atoms with Gasteiger partial charge in [0.15, 0.2) is 0 Å². The molecule has 0 bridgehead atoms. The number of ether oxygens (including phenoxy) is 3. The van der Waals surface area contributed by atoms with E-state index < -0.39 is 5.79 Å². The lowest BCUT2D eigenvalue weighted by Gasteiger charge is -2.30. The highest BCUT2D eigenvalue weighted by molar-refractivity contribution is 6.35. The highest BCUT2D eigenvalue weighted by atomic mass is 35.5. The fourth-order valence-corrected chi connectivity index (χ4v) is 5.79. The van der Waals surface area contributed by atoms with E-state index in [1.165, 1.54) is 4.68 Å². The molecule has 1 aliphatic heterocycles. The highest BCUT2D eigenvalue weighted by Gasteiger charge is 2.45. The van der Waals surface area contributed by atoms with Gasteiger partial charge in [0.1, 0.15) is 30.6 Å². The van der Waals surface area contributed by atoms with Crippen molar-refractivity contribution < 1.29 is 14.2 Å². The first kappa shape index (κ1) is 32.6. The molecule has 1 saturated heterocycles. The Morgan fingerprint density at radius 3 is 2.64 bits per heavy atom. The van der Waals surface area contributed by atoms with Gasteiger partial charge in [0, 0.05) is 41.8 Å². The maximum absolute atomic E-state index is 12.7. The number of imidazole rings is 1. The molecule has 0 saturated carbocycles. The lowest BCUT2D eigenvalue weighted by Crippen LogP contribution is -2.34. The van der Waals surface area contributed by atoms with Crippen LogP contribution in [-0.4, -0.2) is 61.3 Å². The van der Waals surface area contributed by atoms with Crippen LogP contribution in [-0.2, 0) is 21.8 Å². The van der Waals surface area contributed by atoms with Gasteiger partial charge in [-0.25, -0.2) is 24.0 Å². The fraction of sp³-hybridized carbons (Fsp3) is 0.333. The van der Waals surface area contributed by atoms with Crippen molar-refractivity contribution >= 4 is 34.7 Å². The van der Waals surface area contributed by atoms with Gasteiger partial charge in [0.05, 0.1) is 42.4 Å². The van der Waals surface area contributed by atoms with Gasteiger partial charge in [0.25, 0.3) is 0 Å². The quantitative estimate of drug-likeness (QED) is 0.141. The van der Waals surface area contributed by atoms with Gasteiger partial charge in [-0.2, -0.15) is 5.10 Å². The van der Waals surface area contributed by atoms with Crippen molar-refractivity contribution in [3.8, 4) is 11.4 Å². The molecule has 246 valence electrons. The average molecular weight is 680 g/mol. The zero-order chi connectivity index (χ0) is 32.8. The molecule has 0 radical (unpaired) electrons. The van der Waals surface area contributed by atoms with Gasteiger partial charge >= 0.3 is 5.69 Å². The number of anilines is 2. The first-order valence-corrected chi connectivity index (χ1v) is 16.2. The lowest BCUT2D eigenvalue weighted by atomic mass is 10.1. The molecule has 4 heterocycles. The van der Waals surface area contributed by atoms with E-state index in [1.54, 1.807) is 41.7 Å². The standard InChI is InChI=1S/C33H36Cl2N8O4/c1-3-23(2)43-32(44)42(22-40-43)26-7-5-25(6-8-26)37-12-13-38-31-11-9-27(17-39-31)45-18-28-19-46-33(47-28,20-41-15-14-36-21-41)29-10-4-24(34)16-30(29)35/h4-11,14-17,21-23,28,37H,3,12-13,18-20H2,1-2H3,(H,38,39)/t23-,28+,33+/m0/s1. The molecule has 0 aliphatic carbocycles. The fourth-order valence-electron chi connectivity index (χ4n) is 5.24. The van der Waals surface area contributed by atoms with Crippen LogP contribution in [0.5, 0.6) is 5.75 Å². The molecule has 3 aromatic heterocycles. The number of aromatic nitrogens is 6. The van der Waals surface area contributed by atoms with Crippen LogP contribution in [0, 0.1) is 0 Å². The maximum Gasteiger partial charge on any atom is 0.350 e. The zero-order valence-corrected chi connectivity index (χ0v) is 27.6. The normalized spacial score (nSPS) is 18.3. The third kappa shape index (κ3) is 7.62. The van der Waals surface area contributed by atoms with Crippen molar-refractivity contribution in [2.24, 2.45) is 0 Å². The van der Waals surface area contributed by atoms with E-state index in [4.69, 9.17) is 37.4 Å². The summed E-state index contributed by atoms with van der Waals surface area (Å²) < 4.78 is 23.6. The average Bonchev–Trinajstić information content (AvgIpc) is 3.84.